The Hall–Kier alpha value is -2.64. The molecule has 0 N–H and O–H groups in total. The predicted octanol–water partition coefficient (Wildman–Crippen LogP) is 0.969. The SMILES string of the molecule is CCCn1ccc(=O)n(Cc2ccc([N+](=O)[O-])o2)c1=O. The van der Waals surface area contributed by atoms with Crippen LogP contribution in [0.25, 0.3) is 0 Å². The Balaban J connectivity index is 2.37. The third-order valence-corrected chi connectivity index (χ3v) is 2.75. The van der Waals surface area contributed by atoms with Crippen LogP contribution < -0.4 is 11.2 Å². The van der Waals surface area contributed by atoms with Gasteiger partial charge in [-0.05, 0) is 12.5 Å². The molecule has 2 aromatic rings. The number of hydrogen-bond acceptors (Lipinski definition) is 5. The summed E-state index contributed by atoms with van der Waals surface area (Å²) in [7, 11) is 0. The molecule has 0 aliphatic rings. The number of rotatable bonds is 5. The first-order valence-electron chi connectivity index (χ1n) is 6.06. The second-order valence-electron chi connectivity index (χ2n) is 4.21. The van der Waals surface area contributed by atoms with Crippen LogP contribution in [0.2, 0.25) is 0 Å². The molecule has 8 nitrogen and oxygen atoms in total. The van der Waals surface area contributed by atoms with E-state index in [0.717, 1.165) is 11.0 Å². The number of nitro groups is 1. The van der Waals surface area contributed by atoms with E-state index in [-0.39, 0.29) is 12.3 Å². The molecule has 2 rings (SSSR count). The maximum Gasteiger partial charge on any atom is 0.433 e. The molecule has 0 amide bonds. The summed E-state index contributed by atoms with van der Waals surface area (Å²) in [6.07, 6.45) is 2.19. The smallest absolute Gasteiger partial charge is 0.404 e. The van der Waals surface area contributed by atoms with Gasteiger partial charge in [0, 0.05) is 18.8 Å². The average molecular weight is 279 g/mol. The summed E-state index contributed by atoms with van der Waals surface area (Å²) in [6, 6.07) is 3.85. The second kappa shape index (κ2) is 5.55. The zero-order chi connectivity index (χ0) is 14.7. The largest absolute Gasteiger partial charge is 0.433 e. The van der Waals surface area contributed by atoms with Crippen LogP contribution in [0, 0.1) is 10.1 Å². The monoisotopic (exact) mass is 279 g/mol. The van der Waals surface area contributed by atoms with Gasteiger partial charge in [0.2, 0.25) is 0 Å². The number of hydrogen-bond donors (Lipinski definition) is 0. The molecule has 0 saturated carbocycles. The Morgan fingerprint density at radius 2 is 2.05 bits per heavy atom. The molecule has 2 aromatic heterocycles. The van der Waals surface area contributed by atoms with E-state index in [1.54, 1.807) is 0 Å². The zero-order valence-corrected chi connectivity index (χ0v) is 10.8. The van der Waals surface area contributed by atoms with Crippen LogP contribution in [-0.4, -0.2) is 14.1 Å². The first-order chi connectivity index (χ1) is 9.52. The lowest BCUT2D eigenvalue weighted by Gasteiger charge is -2.07. The summed E-state index contributed by atoms with van der Waals surface area (Å²) in [5.41, 5.74) is -0.931. The highest BCUT2D eigenvalue weighted by Crippen LogP contribution is 2.15. The molecular weight excluding hydrogens is 266 g/mol. The molecule has 0 fully saturated rings. The lowest BCUT2D eigenvalue weighted by molar-refractivity contribution is -0.402. The van der Waals surface area contributed by atoms with Gasteiger partial charge in [0.1, 0.15) is 10.7 Å². The standard InChI is InChI=1S/C12H13N3O5/c1-2-6-13-7-5-10(16)14(12(13)17)8-9-3-4-11(20-9)15(18)19/h3-5,7H,2,6,8H2,1H3. The van der Waals surface area contributed by atoms with Gasteiger partial charge in [-0.15, -0.1) is 0 Å². The van der Waals surface area contributed by atoms with E-state index in [9.17, 15) is 19.7 Å². The fourth-order valence-corrected chi connectivity index (χ4v) is 1.82. The minimum atomic E-state index is -0.674. The van der Waals surface area contributed by atoms with Gasteiger partial charge in [0.25, 0.3) is 5.56 Å². The molecule has 0 aromatic carbocycles. The first kappa shape index (κ1) is 13.8. The highest BCUT2D eigenvalue weighted by molar-refractivity contribution is 5.18. The van der Waals surface area contributed by atoms with E-state index in [1.807, 2.05) is 6.92 Å². The minimum Gasteiger partial charge on any atom is -0.404 e. The number of nitrogens with zero attached hydrogens (tertiary/aromatic N) is 3. The Bertz CT molecular complexity index is 740. The van der Waals surface area contributed by atoms with E-state index < -0.39 is 22.1 Å². The highest BCUT2D eigenvalue weighted by Gasteiger charge is 2.14. The summed E-state index contributed by atoms with van der Waals surface area (Å²) in [5, 5.41) is 10.5. The van der Waals surface area contributed by atoms with Gasteiger partial charge in [-0.2, -0.15) is 0 Å². The number of aryl methyl sites for hydroxylation is 1. The normalized spacial score (nSPS) is 10.7. The van der Waals surface area contributed by atoms with Gasteiger partial charge >= 0.3 is 11.6 Å². The Labute approximate surface area is 113 Å². The van der Waals surface area contributed by atoms with Gasteiger partial charge in [0.15, 0.2) is 0 Å². The average Bonchev–Trinajstić information content (AvgIpc) is 2.87. The fraction of sp³-hybridized carbons (Fsp3) is 0.333. The van der Waals surface area contributed by atoms with Crippen LogP contribution in [0.4, 0.5) is 5.88 Å². The van der Waals surface area contributed by atoms with Crippen LogP contribution in [0.15, 0.2) is 38.4 Å². The summed E-state index contributed by atoms with van der Waals surface area (Å²) >= 11 is 0. The van der Waals surface area contributed by atoms with Gasteiger partial charge in [-0.1, -0.05) is 6.92 Å². The number of aromatic nitrogens is 2. The number of furan rings is 1. The van der Waals surface area contributed by atoms with Crippen molar-refractivity contribution in [3.63, 3.8) is 0 Å². The van der Waals surface area contributed by atoms with E-state index in [1.165, 1.54) is 29.0 Å². The zero-order valence-electron chi connectivity index (χ0n) is 10.8. The fourth-order valence-electron chi connectivity index (χ4n) is 1.82. The molecule has 0 aliphatic carbocycles. The van der Waals surface area contributed by atoms with Crippen LogP contribution in [0.5, 0.6) is 0 Å². The van der Waals surface area contributed by atoms with Gasteiger partial charge in [-0.25, -0.2) is 4.79 Å². The molecule has 0 radical (unpaired) electrons. The van der Waals surface area contributed by atoms with Crippen molar-refractivity contribution in [2.45, 2.75) is 26.4 Å². The second-order valence-corrected chi connectivity index (χ2v) is 4.21. The van der Waals surface area contributed by atoms with Crippen molar-refractivity contribution < 1.29 is 9.34 Å². The molecule has 0 saturated heterocycles. The first-order valence-corrected chi connectivity index (χ1v) is 6.06. The molecule has 0 spiro atoms. The van der Waals surface area contributed by atoms with Gasteiger partial charge < -0.3 is 8.98 Å². The van der Waals surface area contributed by atoms with Crippen molar-refractivity contribution in [1.82, 2.24) is 9.13 Å². The molecule has 106 valence electrons. The lowest BCUT2D eigenvalue weighted by Crippen LogP contribution is -2.39. The van der Waals surface area contributed by atoms with E-state index in [0.29, 0.717) is 6.54 Å². The van der Waals surface area contributed by atoms with E-state index in [4.69, 9.17) is 4.42 Å². The molecule has 0 bridgehead atoms. The summed E-state index contributed by atoms with van der Waals surface area (Å²) < 4.78 is 7.35. The van der Waals surface area contributed by atoms with Crippen molar-refractivity contribution in [2.24, 2.45) is 0 Å². The quantitative estimate of drug-likeness (QED) is 0.599. The van der Waals surface area contributed by atoms with Crippen molar-refractivity contribution in [3.05, 3.63) is 61.1 Å². The van der Waals surface area contributed by atoms with Crippen LogP contribution >= 0.6 is 0 Å². The highest BCUT2D eigenvalue weighted by atomic mass is 16.6. The topological polar surface area (TPSA) is 100 Å². The van der Waals surface area contributed by atoms with E-state index in [2.05, 4.69) is 0 Å². The van der Waals surface area contributed by atoms with Gasteiger partial charge in [0.05, 0.1) is 12.6 Å². The summed E-state index contributed by atoms with van der Waals surface area (Å²) in [4.78, 5) is 33.6. The van der Waals surface area contributed by atoms with Crippen LogP contribution in [0.1, 0.15) is 19.1 Å². The molecule has 2 heterocycles. The van der Waals surface area contributed by atoms with Crippen LogP contribution in [0.3, 0.4) is 0 Å². The molecule has 20 heavy (non-hydrogen) atoms. The van der Waals surface area contributed by atoms with Crippen molar-refractivity contribution >= 4 is 5.88 Å². The van der Waals surface area contributed by atoms with Crippen LogP contribution in [-0.2, 0) is 13.1 Å². The lowest BCUT2D eigenvalue weighted by atomic mass is 10.4. The molecule has 8 heteroatoms. The summed E-state index contributed by atoms with van der Waals surface area (Å²) in [6.45, 7) is 2.28. The minimum absolute atomic E-state index is 0.129. The van der Waals surface area contributed by atoms with Crippen molar-refractivity contribution in [3.8, 4) is 0 Å². The molecule has 0 unspecified atom stereocenters. The molecule has 0 atom stereocenters. The summed E-state index contributed by atoms with van der Waals surface area (Å²) in [5.74, 6) is -0.233. The van der Waals surface area contributed by atoms with Crippen molar-refractivity contribution in [1.29, 1.82) is 0 Å². The molecular formula is C12H13N3O5. The maximum absolute atomic E-state index is 12.1. The van der Waals surface area contributed by atoms with Crippen molar-refractivity contribution in [2.75, 3.05) is 0 Å². The van der Waals surface area contributed by atoms with Gasteiger partial charge in [-0.3, -0.25) is 19.5 Å². The Morgan fingerprint density at radius 3 is 2.65 bits per heavy atom. The third kappa shape index (κ3) is 2.68. The van der Waals surface area contributed by atoms with E-state index >= 15 is 0 Å². The Kier molecular flexibility index (Phi) is 3.83. The molecule has 0 aliphatic heterocycles. The Morgan fingerprint density at radius 1 is 1.30 bits per heavy atom. The predicted molar refractivity (Wildman–Crippen MR) is 69.7 cm³/mol. The third-order valence-electron chi connectivity index (χ3n) is 2.75. The maximum atomic E-state index is 12.1.